The summed E-state index contributed by atoms with van der Waals surface area (Å²) in [4.78, 5) is 33.1. The summed E-state index contributed by atoms with van der Waals surface area (Å²) in [5, 5.41) is 7.12. The van der Waals surface area contributed by atoms with Crippen LogP contribution in [0.1, 0.15) is 19.3 Å². The second-order valence-corrected chi connectivity index (χ2v) is 8.03. The van der Waals surface area contributed by atoms with Crippen molar-refractivity contribution in [1.82, 2.24) is 14.9 Å². The molecule has 1 N–H and O–H groups in total. The summed E-state index contributed by atoms with van der Waals surface area (Å²) in [6.45, 7) is 4.17. The maximum Gasteiger partial charge on any atom is 0.490 e. The number of aromatic nitrogens is 2. The lowest BCUT2D eigenvalue weighted by atomic mass is 9.66. The van der Waals surface area contributed by atoms with E-state index in [-0.39, 0.29) is 17.9 Å². The number of rotatable bonds is 5. The first kappa shape index (κ1) is 25.8. The highest BCUT2D eigenvalue weighted by Gasteiger charge is 2.44. The van der Waals surface area contributed by atoms with Gasteiger partial charge in [-0.3, -0.25) is 4.79 Å². The number of carboxylic acid groups (broad SMARTS) is 1. The number of carbonyl (C=O) groups is 2. The number of nitrogens with zero attached hydrogens (tertiary/aromatic N) is 4. The molecule has 32 heavy (non-hydrogen) atoms. The molecule has 2 aliphatic heterocycles. The smallest absolute Gasteiger partial charge is 0.475 e. The molecule has 9 nitrogen and oxygen atoms in total. The van der Waals surface area contributed by atoms with Crippen LogP contribution in [0.3, 0.4) is 0 Å². The van der Waals surface area contributed by atoms with Crippen molar-refractivity contribution >= 4 is 17.8 Å². The third-order valence-electron chi connectivity index (χ3n) is 5.81. The van der Waals surface area contributed by atoms with Crippen LogP contribution in [0, 0.1) is 11.3 Å². The summed E-state index contributed by atoms with van der Waals surface area (Å²) in [6, 6.07) is 1.84. The summed E-state index contributed by atoms with van der Waals surface area (Å²) in [7, 11) is 3.50. The highest BCUT2D eigenvalue weighted by molar-refractivity contribution is 5.76. The van der Waals surface area contributed by atoms with E-state index in [1.807, 2.05) is 6.07 Å². The monoisotopic (exact) mass is 462 g/mol. The fourth-order valence-corrected chi connectivity index (χ4v) is 3.79. The van der Waals surface area contributed by atoms with Crippen LogP contribution in [0.5, 0.6) is 0 Å². The molecular weight excluding hydrogens is 433 g/mol. The van der Waals surface area contributed by atoms with E-state index in [1.54, 1.807) is 31.4 Å². The quantitative estimate of drug-likeness (QED) is 0.707. The Morgan fingerprint density at radius 1 is 1.25 bits per heavy atom. The molecule has 2 saturated heterocycles. The molecule has 1 aromatic rings. The number of hydrogen-bond donors (Lipinski definition) is 1. The number of piperidine rings is 1. The first-order valence-electron chi connectivity index (χ1n) is 10.2. The summed E-state index contributed by atoms with van der Waals surface area (Å²) in [5.41, 5.74) is 0.241. The van der Waals surface area contributed by atoms with Crippen LogP contribution in [0.4, 0.5) is 19.1 Å². The molecule has 0 radical (unpaired) electrons. The predicted molar refractivity (Wildman–Crippen MR) is 108 cm³/mol. The van der Waals surface area contributed by atoms with E-state index in [1.165, 1.54) is 0 Å². The van der Waals surface area contributed by atoms with E-state index in [0.717, 1.165) is 51.5 Å². The molecule has 0 saturated carbocycles. The summed E-state index contributed by atoms with van der Waals surface area (Å²) >= 11 is 0. The van der Waals surface area contributed by atoms with Crippen LogP contribution in [-0.4, -0.2) is 91.6 Å². The largest absolute Gasteiger partial charge is 0.490 e. The third-order valence-corrected chi connectivity index (χ3v) is 5.81. The molecule has 1 atom stereocenters. The molecule has 1 unspecified atom stereocenters. The Kier molecular flexibility index (Phi) is 9.20. The molecule has 0 bridgehead atoms. The Bertz CT molecular complexity index is 741. The van der Waals surface area contributed by atoms with Crippen molar-refractivity contribution in [3.8, 4) is 0 Å². The number of carbonyl (C=O) groups excluding carboxylic acids is 1. The van der Waals surface area contributed by atoms with Gasteiger partial charge in [0.05, 0.1) is 13.2 Å². The van der Waals surface area contributed by atoms with Crippen molar-refractivity contribution in [3.63, 3.8) is 0 Å². The zero-order chi connectivity index (χ0) is 23.8. The number of carboxylic acids is 1. The molecule has 1 aromatic heterocycles. The Labute approximate surface area is 184 Å². The number of aliphatic carboxylic acids is 1. The summed E-state index contributed by atoms with van der Waals surface area (Å²) < 4.78 is 43.2. The first-order chi connectivity index (χ1) is 15.0. The minimum Gasteiger partial charge on any atom is -0.475 e. The lowest BCUT2D eigenvalue weighted by Crippen LogP contribution is -2.50. The van der Waals surface area contributed by atoms with Gasteiger partial charge in [-0.25, -0.2) is 14.8 Å². The number of ether oxygens (including phenoxy) is 2. The number of halogens is 3. The summed E-state index contributed by atoms with van der Waals surface area (Å²) in [5.74, 6) is -1.60. The van der Waals surface area contributed by atoms with Crippen molar-refractivity contribution in [2.45, 2.75) is 25.4 Å². The molecule has 3 rings (SSSR count). The molecule has 0 aliphatic carbocycles. The number of amides is 1. The van der Waals surface area contributed by atoms with Gasteiger partial charge in [-0.05, 0) is 30.7 Å². The van der Waals surface area contributed by atoms with Gasteiger partial charge in [0.25, 0.3) is 0 Å². The highest BCUT2D eigenvalue weighted by Crippen LogP contribution is 2.45. The third kappa shape index (κ3) is 7.30. The molecule has 1 spiro atoms. The molecule has 2 aliphatic rings. The Morgan fingerprint density at radius 3 is 2.38 bits per heavy atom. The van der Waals surface area contributed by atoms with Crippen LogP contribution in [0.25, 0.3) is 0 Å². The van der Waals surface area contributed by atoms with Gasteiger partial charge in [-0.1, -0.05) is 0 Å². The van der Waals surface area contributed by atoms with Gasteiger partial charge in [0.2, 0.25) is 11.9 Å². The average Bonchev–Trinajstić information content (AvgIpc) is 2.76. The van der Waals surface area contributed by atoms with Crippen LogP contribution >= 0.6 is 0 Å². The van der Waals surface area contributed by atoms with Gasteiger partial charge >= 0.3 is 12.1 Å². The number of hydrogen-bond acceptors (Lipinski definition) is 7. The van der Waals surface area contributed by atoms with Crippen molar-refractivity contribution in [2.75, 3.05) is 58.5 Å². The van der Waals surface area contributed by atoms with E-state index in [4.69, 9.17) is 19.4 Å². The number of alkyl halides is 3. The van der Waals surface area contributed by atoms with Gasteiger partial charge in [0.15, 0.2) is 0 Å². The molecule has 12 heteroatoms. The van der Waals surface area contributed by atoms with Gasteiger partial charge in [-0.2, -0.15) is 13.2 Å². The van der Waals surface area contributed by atoms with E-state index in [2.05, 4.69) is 14.9 Å². The number of anilines is 1. The minimum atomic E-state index is -5.08. The highest BCUT2D eigenvalue weighted by atomic mass is 19.4. The SMILES string of the molecule is CN(C)C(=O)COCC1COCCC12CCN(c1ncccn1)CC2.O=C(O)C(F)(F)F. The topological polar surface area (TPSA) is 105 Å². The van der Waals surface area contributed by atoms with Crippen LogP contribution < -0.4 is 4.90 Å². The fourth-order valence-electron chi connectivity index (χ4n) is 3.79. The zero-order valence-corrected chi connectivity index (χ0v) is 18.2. The minimum absolute atomic E-state index is 0.00169. The molecule has 180 valence electrons. The van der Waals surface area contributed by atoms with Crippen molar-refractivity contribution < 1.29 is 37.3 Å². The van der Waals surface area contributed by atoms with Crippen molar-refractivity contribution in [1.29, 1.82) is 0 Å². The van der Waals surface area contributed by atoms with Gasteiger partial charge < -0.3 is 24.4 Å². The Hall–Kier alpha value is -2.47. The maximum atomic E-state index is 11.7. The Balaban J connectivity index is 0.000000451. The predicted octanol–water partition coefficient (Wildman–Crippen LogP) is 1.84. The van der Waals surface area contributed by atoms with Gasteiger partial charge in [-0.15, -0.1) is 0 Å². The Morgan fingerprint density at radius 2 is 1.84 bits per heavy atom. The van der Waals surface area contributed by atoms with Crippen LogP contribution in [0.2, 0.25) is 0 Å². The maximum absolute atomic E-state index is 11.7. The lowest BCUT2D eigenvalue weighted by Gasteiger charge is -2.49. The second kappa shape index (κ2) is 11.4. The molecule has 2 fully saturated rings. The molecule has 3 heterocycles. The van der Waals surface area contributed by atoms with Crippen LogP contribution in [0.15, 0.2) is 18.5 Å². The van der Waals surface area contributed by atoms with Crippen LogP contribution in [-0.2, 0) is 19.1 Å². The van der Waals surface area contributed by atoms with E-state index in [0.29, 0.717) is 12.5 Å². The van der Waals surface area contributed by atoms with Crippen molar-refractivity contribution in [2.24, 2.45) is 11.3 Å². The fraction of sp³-hybridized carbons (Fsp3) is 0.700. The standard InChI is InChI=1S/C18H28N4O3.C2HF3O2/c1-21(2)16(23)14-25-13-15-12-24-11-6-18(15)4-9-22(10-5-18)17-19-7-3-8-20-17;3-2(4,5)1(6)7/h3,7-8,15H,4-6,9-14H2,1-2H3;(H,6,7). The van der Waals surface area contributed by atoms with Crippen molar-refractivity contribution in [3.05, 3.63) is 18.5 Å². The average molecular weight is 462 g/mol. The van der Waals surface area contributed by atoms with E-state index >= 15 is 0 Å². The first-order valence-corrected chi connectivity index (χ1v) is 10.2. The second-order valence-electron chi connectivity index (χ2n) is 8.03. The number of likely N-dealkylation sites (N-methyl/N-ethyl adjacent to an activating group) is 1. The normalized spacial score (nSPS) is 20.3. The molecule has 0 aromatic carbocycles. The molecular formula is C20H29F3N4O5. The summed E-state index contributed by atoms with van der Waals surface area (Å²) in [6.07, 6.45) is 1.74. The molecule has 1 amide bonds. The lowest BCUT2D eigenvalue weighted by molar-refractivity contribution is -0.192. The van der Waals surface area contributed by atoms with Gasteiger partial charge in [0, 0.05) is 52.1 Å². The van der Waals surface area contributed by atoms with Gasteiger partial charge in [0.1, 0.15) is 6.61 Å². The van der Waals surface area contributed by atoms with E-state index < -0.39 is 12.1 Å². The van der Waals surface area contributed by atoms with E-state index in [9.17, 15) is 18.0 Å². The zero-order valence-electron chi connectivity index (χ0n) is 18.2.